The van der Waals surface area contributed by atoms with Crippen molar-refractivity contribution < 1.29 is 9.59 Å². The Labute approximate surface area is 126 Å². The van der Waals surface area contributed by atoms with Crippen LogP contribution in [0.3, 0.4) is 0 Å². The third kappa shape index (κ3) is 6.29. The van der Waals surface area contributed by atoms with E-state index >= 15 is 0 Å². The molecule has 1 unspecified atom stereocenters. The zero-order valence-corrected chi connectivity index (χ0v) is 13.2. The molecule has 1 atom stereocenters. The Kier molecular flexibility index (Phi) is 5.76. The molecular weight excluding hydrogens is 266 g/mol. The van der Waals surface area contributed by atoms with Gasteiger partial charge in [0.25, 0.3) is 0 Å². The lowest BCUT2D eigenvalue weighted by atomic mass is 10.1. The maximum absolute atomic E-state index is 11.9. The Morgan fingerprint density at radius 2 is 1.86 bits per heavy atom. The number of anilines is 1. The molecule has 2 amide bonds. The first-order chi connectivity index (χ1) is 9.69. The van der Waals surface area contributed by atoms with Gasteiger partial charge in [-0.2, -0.15) is 0 Å². The minimum atomic E-state index is -0.551. The molecule has 21 heavy (non-hydrogen) atoms. The molecule has 1 aromatic rings. The van der Waals surface area contributed by atoms with Gasteiger partial charge in [-0.1, -0.05) is 18.2 Å². The molecule has 4 N–H and O–H groups in total. The van der Waals surface area contributed by atoms with Gasteiger partial charge in [-0.05, 0) is 45.7 Å². The van der Waals surface area contributed by atoms with Gasteiger partial charge in [-0.25, -0.2) is 0 Å². The predicted octanol–water partition coefficient (Wildman–Crippen LogP) is 1.62. The highest BCUT2D eigenvalue weighted by molar-refractivity contribution is 5.87. The van der Waals surface area contributed by atoms with Crippen molar-refractivity contribution in [2.24, 2.45) is 0 Å². The number of amides is 2. The monoisotopic (exact) mass is 291 g/mol. The molecule has 5 nitrogen and oxygen atoms in total. The number of aryl methyl sites for hydroxylation is 1. The van der Waals surface area contributed by atoms with Gasteiger partial charge in [-0.15, -0.1) is 0 Å². The second kappa shape index (κ2) is 7.11. The molecule has 0 aromatic heterocycles. The lowest BCUT2D eigenvalue weighted by Crippen LogP contribution is -2.50. The van der Waals surface area contributed by atoms with E-state index in [1.807, 2.05) is 45.0 Å². The normalized spacial score (nSPS) is 12.6. The summed E-state index contributed by atoms with van der Waals surface area (Å²) >= 11 is 0. The second-order valence-corrected chi connectivity index (χ2v) is 6.23. The van der Waals surface area contributed by atoms with Crippen LogP contribution >= 0.6 is 0 Å². The Balaban J connectivity index is 2.43. The molecule has 0 saturated heterocycles. The SMILES string of the molecule is CC(NC(=O)CCc1ccccc1N)C(=O)NC(C)(C)C. The van der Waals surface area contributed by atoms with Crippen LogP contribution in [0.1, 0.15) is 39.7 Å². The topological polar surface area (TPSA) is 84.2 Å². The lowest BCUT2D eigenvalue weighted by Gasteiger charge is -2.23. The summed E-state index contributed by atoms with van der Waals surface area (Å²) < 4.78 is 0. The number of nitrogen functional groups attached to an aromatic ring is 1. The Morgan fingerprint density at radius 1 is 1.24 bits per heavy atom. The molecule has 0 saturated carbocycles. The van der Waals surface area contributed by atoms with E-state index in [0.29, 0.717) is 18.5 Å². The Hall–Kier alpha value is -2.04. The molecule has 0 fully saturated rings. The van der Waals surface area contributed by atoms with E-state index in [-0.39, 0.29) is 17.4 Å². The summed E-state index contributed by atoms with van der Waals surface area (Å²) in [6.07, 6.45) is 0.869. The fourth-order valence-electron chi connectivity index (χ4n) is 1.87. The van der Waals surface area contributed by atoms with Gasteiger partial charge in [0.2, 0.25) is 11.8 Å². The molecule has 5 heteroatoms. The third-order valence-corrected chi connectivity index (χ3v) is 2.95. The van der Waals surface area contributed by atoms with Crippen LogP contribution in [-0.2, 0) is 16.0 Å². The number of hydrogen-bond donors (Lipinski definition) is 3. The van der Waals surface area contributed by atoms with Crippen molar-refractivity contribution in [2.75, 3.05) is 5.73 Å². The van der Waals surface area contributed by atoms with E-state index in [9.17, 15) is 9.59 Å². The van der Waals surface area contributed by atoms with E-state index in [4.69, 9.17) is 5.73 Å². The quantitative estimate of drug-likeness (QED) is 0.721. The van der Waals surface area contributed by atoms with Crippen LogP contribution in [0.25, 0.3) is 0 Å². The van der Waals surface area contributed by atoms with Gasteiger partial charge < -0.3 is 16.4 Å². The summed E-state index contributed by atoms with van der Waals surface area (Å²) in [7, 11) is 0. The molecule has 0 radical (unpaired) electrons. The van der Waals surface area contributed by atoms with Gasteiger partial charge >= 0.3 is 0 Å². The van der Waals surface area contributed by atoms with Crippen LogP contribution in [0.15, 0.2) is 24.3 Å². The molecule has 0 heterocycles. The van der Waals surface area contributed by atoms with Gasteiger partial charge in [0.05, 0.1) is 0 Å². The van der Waals surface area contributed by atoms with Crippen LogP contribution in [0.2, 0.25) is 0 Å². The average molecular weight is 291 g/mol. The maximum atomic E-state index is 11.9. The predicted molar refractivity (Wildman–Crippen MR) is 84.7 cm³/mol. The molecule has 1 aromatic carbocycles. The number of carbonyl (C=O) groups excluding carboxylic acids is 2. The zero-order valence-electron chi connectivity index (χ0n) is 13.2. The van der Waals surface area contributed by atoms with Crippen molar-refractivity contribution in [3.05, 3.63) is 29.8 Å². The third-order valence-electron chi connectivity index (χ3n) is 2.95. The fraction of sp³-hybridized carbons (Fsp3) is 0.500. The van der Waals surface area contributed by atoms with Gasteiger partial charge in [0.1, 0.15) is 6.04 Å². The van der Waals surface area contributed by atoms with Crippen molar-refractivity contribution in [3.8, 4) is 0 Å². The number of nitrogens with one attached hydrogen (secondary N) is 2. The van der Waals surface area contributed by atoms with Crippen molar-refractivity contribution in [2.45, 2.75) is 52.1 Å². The van der Waals surface area contributed by atoms with Crippen molar-refractivity contribution in [1.82, 2.24) is 10.6 Å². The molecule has 0 bridgehead atoms. The molecule has 0 aliphatic carbocycles. The summed E-state index contributed by atoms with van der Waals surface area (Å²) in [5, 5.41) is 5.53. The molecule has 0 aliphatic heterocycles. The van der Waals surface area contributed by atoms with Crippen LogP contribution in [0.4, 0.5) is 5.69 Å². The van der Waals surface area contributed by atoms with Crippen molar-refractivity contribution in [1.29, 1.82) is 0 Å². The average Bonchev–Trinajstić information content (AvgIpc) is 2.35. The van der Waals surface area contributed by atoms with E-state index < -0.39 is 6.04 Å². The Morgan fingerprint density at radius 3 is 2.43 bits per heavy atom. The molecule has 1 rings (SSSR count). The smallest absolute Gasteiger partial charge is 0.242 e. The fourth-order valence-corrected chi connectivity index (χ4v) is 1.87. The van der Waals surface area contributed by atoms with Gasteiger partial charge in [0, 0.05) is 17.6 Å². The Bertz CT molecular complexity index is 506. The number of benzene rings is 1. The summed E-state index contributed by atoms with van der Waals surface area (Å²) in [6, 6.07) is 6.91. The number of para-hydroxylation sites is 1. The lowest BCUT2D eigenvalue weighted by molar-refractivity contribution is -0.129. The van der Waals surface area contributed by atoms with E-state index in [0.717, 1.165) is 5.56 Å². The largest absolute Gasteiger partial charge is 0.399 e. The summed E-state index contributed by atoms with van der Waals surface area (Å²) in [4.78, 5) is 23.8. The zero-order chi connectivity index (χ0) is 16.0. The second-order valence-electron chi connectivity index (χ2n) is 6.23. The summed E-state index contributed by atoms with van der Waals surface area (Å²) in [5.74, 6) is -0.343. The summed E-state index contributed by atoms with van der Waals surface area (Å²) in [5.41, 5.74) is 7.15. The number of nitrogens with two attached hydrogens (primary N) is 1. The van der Waals surface area contributed by atoms with Gasteiger partial charge in [0.15, 0.2) is 0 Å². The highest BCUT2D eigenvalue weighted by Gasteiger charge is 2.20. The van der Waals surface area contributed by atoms with Crippen LogP contribution in [-0.4, -0.2) is 23.4 Å². The molecule has 0 spiro atoms. The van der Waals surface area contributed by atoms with E-state index in [1.165, 1.54) is 0 Å². The minimum Gasteiger partial charge on any atom is -0.399 e. The first-order valence-corrected chi connectivity index (χ1v) is 7.14. The minimum absolute atomic E-state index is 0.158. The first kappa shape index (κ1) is 17.0. The van der Waals surface area contributed by atoms with Crippen LogP contribution in [0, 0.1) is 0 Å². The van der Waals surface area contributed by atoms with E-state index in [1.54, 1.807) is 6.92 Å². The molecule has 0 aliphatic rings. The highest BCUT2D eigenvalue weighted by atomic mass is 16.2. The number of hydrogen-bond acceptors (Lipinski definition) is 3. The molecular formula is C16H25N3O2. The van der Waals surface area contributed by atoms with Crippen LogP contribution in [0.5, 0.6) is 0 Å². The van der Waals surface area contributed by atoms with Gasteiger partial charge in [-0.3, -0.25) is 9.59 Å². The maximum Gasteiger partial charge on any atom is 0.242 e. The molecule has 116 valence electrons. The van der Waals surface area contributed by atoms with Crippen molar-refractivity contribution >= 4 is 17.5 Å². The standard InChI is InChI=1S/C16H25N3O2/c1-11(15(21)19-16(2,3)4)18-14(20)10-9-12-7-5-6-8-13(12)17/h5-8,11H,9-10,17H2,1-4H3,(H,18,20)(H,19,21). The summed E-state index contributed by atoms with van der Waals surface area (Å²) in [6.45, 7) is 7.38. The van der Waals surface area contributed by atoms with E-state index in [2.05, 4.69) is 10.6 Å². The van der Waals surface area contributed by atoms with Crippen molar-refractivity contribution in [3.63, 3.8) is 0 Å². The van der Waals surface area contributed by atoms with Crippen LogP contribution < -0.4 is 16.4 Å². The highest BCUT2D eigenvalue weighted by Crippen LogP contribution is 2.12. The first-order valence-electron chi connectivity index (χ1n) is 7.14. The number of carbonyl (C=O) groups is 2. The number of rotatable bonds is 5.